The van der Waals surface area contributed by atoms with E-state index in [1.807, 2.05) is 0 Å². The van der Waals surface area contributed by atoms with Crippen LogP contribution < -0.4 is 0 Å². The Morgan fingerprint density at radius 1 is 0.341 bits per heavy atom. The Bertz CT molecular complexity index is 1680. The van der Waals surface area contributed by atoms with Crippen molar-refractivity contribution in [1.29, 1.82) is 0 Å². The molecular weight excluding hydrogens is 528 g/mol. The number of rotatable bonds is 2. The van der Waals surface area contributed by atoms with Crippen LogP contribution in [-0.4, -0.2) is 0 Å². The molecule has 0 nitrogen and oxygen atoms in total. The lowest BCUT2D eigenvalue weighted by molar-refractivity contribution is 0.568. The third-order valence-corrected chi connectivity index (χ3v) is 9.55. The van der Waals surface area contributed by atoms with E-state index in [1.54, 1.807) is 0 Å². The zero-order valence-electron chi connectivity index (χ0n) is 29.9. The van der Waals surface area contributed by atoms with Crippen LogP contribution in [0.5, 0.6) is 0 Å². The first-order valence-corrected chi connectivity index (χ1v) is 16.4. The van der Waals surface area contributed by atoms with Gasteiger partial charge in [-0.05, 0) is 113 Å². The normalized spacial score (nSPS) is 13.2. The summed E-state index contributed by atoms with van der Waals surface area (Å²) in [4.78, 5) is 0. The van der Waals surface area contributed by atoms with Crippen LogP contribution in [-0.2, 0) is 21.7 Å². The van der Waals surface area contributed by atoms with Crippen LogP contribution >= 0.6 is 0 Å². The maximum Gasteiger partial charge on any atom is -0.00261 e. The molecule has 0 heteroatoms. The second kappa shape index (κ2) is 10.6. The minimum Gasteiger partial charge on any atom is -0.0616 e. The van der Waals surface area contributed by atoms with Crippen molar-refractivity contribution in [2.45, 2.75) is 119 Å². The number of fused-ring (bicyclic) bond motifs is 2. The van der Waals surface area contributed by atoms with E-state index in [9.17, 15) is 0 Å². The Balaban J connectivity index is 2.01. The predicted molar refractivity (Wildman–Crippen MR) is 197 cm³/mol. The highest BCUT2D eigenvalue weighted by molar-refractivity contribution is 6.21. The summed E-state index contributed by atoms with van der Waals surface area (Å²) < 4.78 is 0. The maximum absolute atomic E-state index is 2.46. The third kappa shape index (κ3) is 5.98. The van der Waals surface area contributed by atoms with Crippen LogP contribution in [0, 0.1) is 13.8 Å². The minimum absolute atomic E-state index is 0.0464. The van der Waals surface area contributed by atoms with Gasteiger partial charge in [-0.1, -0.05) is 156 Å². The molecule has 44 heavy (non-hydrogen) atoms. The van der Waals surface area contributed by atoms with Crippen LogP contribution in [0.15, 0.2) is 72.8 Å². The standard InChI is InChI=1S/C44H54/c1-27-19-37-38(20-28(27)2)40(30-23-33(43(9,10)11)26-34(24-30)44(12,13)14)36-18-16-15-17-35(36)39(37)29-21-31(41(3,4)5)25-32(22-29)42(6,7)8/h15-26H,1-14H3. The third-order valence-electron chi connectivity index (χ3n) is 9.55. The fraction of sp³-hybridized carbons (Fsp3) is 0.409. The molecule has 0 aliphatic heterocycles. The van der Waals surface area contributed by atoms with Crippen molar-refractivity contribution in [2.75, 3.05) is 0 Å². The Hall–Kier alpha value is -3.38. The monoisotopic (exact) mass is 582 g/mol. The van der Waals surface area contributed by atoms with Crippen molar-refractivity contribution in [3.63, 3.8) is 0 Å². The molecule has 5 aromatic rings. The molecule has 0 heterocycles. The topological polar surface area (TPSA) is 0 Å². The van der Waals surface area contributed by atoms with E-state index >= 15 is 0 Å². The summed E-state index contributed by atoms with van der Waals surface area (Å²) in [5.74, 6) is 0. The number of hydrogen-bond donors (Lipinski definition) is 0. The maximum atomic E-state index is 2.46. The fourth-order valence-electron chi connectivity index (χ4n) is 6.34. The number of benzene rings is 5. The zero-order valence-corrected chi connectivity index (χ0v) is 29.9. The quantitative estimate of drug-likeness (QED) is 0.182. The molecule has 0 aliphatic carbocycles. The van der Waals surface area contributed by atoms with E-state index < -0.39 is 0 Å². The lowest BCUT2D eigenvalue weighted by Gasteiger charge is -2.28. The molecule has 5 aromatic carbocycles. The Labute approximate surface area is 267 Å². The number of hydrogen-bond acceptors (Lipinski definition) is 0. The summed E-state index contributed by atoms with van der Waals surface area (Å²) in [6.07, 6.45) is 0. The van der Waals surface area contributed by atoms with E-state index in [2.05, 4.69) is 170 Å². The number of aryl methyl sites for hydroxylation is 2. The molecule has 0 saturated carbocycles. The average Bonchev–Trinajstić information content (AvgIpc) is 2.90. The highest BCUT2D eigenvalue weighted by Gasteiger charge is 2.26. The van der Waals surface area contributed by atoms with Crippen LogP contribution in [0.4, 0.5) is 0 Å². The molecule has 0 amide bonds. The molecule has 0 aliphatic rings. The van der Waals surface area contributed by atoms with Crippen LogP contribution in [0.2, 0.25) is 0 Å². The van der Waals surface area contributed by atoms with Gasteiger partial charge in [-0.25, -0.2) is 0 Å². The Kier molecular flexibility index (Phi) is 7.72. The molecular formula is C44H54. The first-order valence-electron chi connectivity index (χ1n) is 16.4. The van der Waals surface area contributed by atoms with Gasteiger partial charge in [-0.2, -0.15) is 0 Å². The first-order chi connectivity index (χ1) is 20.2. The second-order valence-corrected chi connectivity index (χ2v) is 17.4. The molecule has 0 N–H and O–H groups in total. The Morgan fingerprint density at radius 3 is 0.864 bits per heavy atom. The molecule has 0 fully saturated rings. The van der Waals surface area contributed by atoms with E-state index in [-0.39, 0.29) is 21.7 Å². The summed E-state index contributed by atoms with van der Waals surface area (Å²) in [6.45, 7) is 32.5. The van der Waals surface area contributed by atoms with Crippen LogP contribution in [0.3, 0.4) is 0 Å². The van der Waals surface area contributed by atoms with Gasteiger partial charge < -0.3 is 0 Å². The smallest absolute Gasteiger partial charge is 0.00261 e. The van der Waals surface area contributed by atoms with Gasteiger partial charge in [0.1, 0.15) is 0 Å². The summed E-state index contributed by atoms with van der Waals surface area (Å²) in [5.41, 5.74) is 13.7. The highest BCUT2D eigenvalue weighted by atomic mass is 14.3. The predicted octanol–water partition coefficient (Wildman–Crippen LogP) is 13.1. The van der Waals surface area contributed by atoms with Gasteiger partial charge in [0, 0.05) is 0 Å². The summed E-state index contributed by atoms with van der Waals surface area (Å²) in [7, 11) is 0. The minimum atomic E-state index is 0.0464. The summed E-state index contributed by atoms with van der Waals surface area (Å²) >= 11 is 0. The van der Waals surface area contributed by atoms with E-state index in [1.165, 1.54) is 77.2 Å². The van der Waals surface area contributed by atoms with E-state index in [0.29, 0.717) is 0 Å². The average molecular weight is 583 g/mol. The Morgan fingerprint density at radius 2 is 0.614 bits per heavy atom. The van der Waals surface area contributed by atoms with Crippen molar-refractivity contribution in [1.82, 2.24) is 0 Å². The lowest BCUT2D eigenvalue weighted by Crippen LogP contribution is -2.16. The van der Waals surface area contributed by atoms with Crippen LogP contribution in [0.1, 0.15) is 116 Å². The van der Waals surface area contributed by atoms with Crippen molar-refractivity contribution < 1.29 is 0 Å². The van der Waals surface area contributed by atoms with Gasteiger partial charge in [0.2, 0.25) is 0 Å². The van der Waals surface area contributed by atoms with Crippen molar-refractivity contribution in [2.24, 2.45) is 0 Å². The summed E-state index contributed by atoms with van der Waals surface area (Å²) in [6, 6.07) is 28.7. The SMILES string of the molecule is Cc1cc2c(-c3cc(C(C)(C)C)cc(C(C)(C)C)c3)c3ccccc3c(-c3cc(C(C)(C)C)cc(C(C)(C)C)c3)c2cc1C. The summed E-state index contributed by atoms with van der Waals surface area (Å²) in [5, 5.41) is 5.32. The first kappa shape index (κ1) is 32.0. The van der Waals surface area contributed by atoms with Gasteiger partial charge in [-0.15, -0.1) is 0 Å². The molecule has 0 bridgehead atoms. The molecule has 5 rings (SSSR count). The largest absolute Gasteiger partial charge is 0.0616 e. The molecule has 0 unspecified atom stereocenters. The molecule has 0 radical (unpaired) electrons. The van der Waals surface area contributed by atoms with E-state index in [4.69, 9.17) is 0 Å². The fourth-order valence-corrected chi connectivity index (χ4v) is 6.34. The van der Waals surface area contributed by atoms with Gasteiger partial charge in [0.05, 0.1) is 0 Å². The van der Waals surface area contributed by atoms with Crippen molar-refractivity contribution in [3.05, 3.63) is 106 Å². The second-order valence-electron chi connectivity index (χ2n) is 17.4. The molecule has 0 atom stereocenters. The van der Waals surface area contributed by atoms with E-state index in [0.717, 1.165) is 0 Å². The van der Waals surface area contributed by atoms with Crippen molar-refractivity contribution >= 4 is 21.5 Å². The van der Waals surface area contributed by atoms with Gasteiger partial charge in [0.25, 0.3) is 0 Å². The van der Waals surface area contributed by atoms with Crippen molar-refractivity contribution in [3.8, 4) is 22.3 Å². The molecule has 230 valence electrons. The van der Waals surface area contributed by atoms with Gasteiger partial charge in [-0.3, -0.25) is 0 Å². The lowest BCUT2D eigenvalue weighted by atomic mass is 9.76. The van der Waals surface area contributed by atoms with Gasteiger partial charge in [0.15, 0.2) is 0 Å². The molecule has 0 spiro atoms. The highest BCUT2D eigenvalue weighted by Crippen LogP contribution is 2.47. The zero-order chi connectivity index (χ0) is 32.6. The molecule has 0 saturated heterocycles. The molecule has 0 aromatic heterocycles. The van der Waals surface area contributed by atoms with Crippen LogP contribution in [0.25, 0.3) is 43.8 Å². The van der Waals surface area contributed by atoms with Gasteiger partial charge >= 0.3 is 0 Å².